The van der Waals surface area contributed by atoms with Gasteiger partial charge in [0, 0.05) is 12.1 Å². The summed E-state index contributed by atoms with van der Waals surface area (Å²) < 4.78 is 32.4. The first-order valence-electron chi connectivity index (χ1n) is 6.87. The summed E-state index contributed by atoms with van der Waals surface area (Å²) >= 11 is 0. The molecule has 2 aromatic carbocycles. The third kappa shape index (κ3) is 2.63. The summed E-state index contributed by atoms with van der Waals surface area (Å²) in [5, 5.41) is 19.8. The van der Waals surface area contributed by atoms with Crippen LogP contribution in [0.3, 0.4) is 0 Å². The average Bonchev–Trinajstić information content (AvgIpc) is 2.71. The van der Waals surface area contributed by atoms with Crippen LogP contribution in [0.2, 0.25) is 0 Å². The van der Waals surface area contributed by atoms with Gasteiger partial charge < -0.3 is 4.74 Å². The molecule has 0 amide bonds. The molecule has 0 saturated carbocycles. The summed E-state index contributed by atoms with van der Waals surface area (Å²) in [6.45, 7) is 0.154. The Kier molecular flexibility index (Phi) is 3.83. The Morgan fingerprint density at radius 3 is 2.54 bits per heavy atom. The smallest absolute Gasteiger partial charge is 0.271 e. The Hall–Kier alpha value is -3.12. The number of rotatable bonds is 2. The molecule has 122 valence electrons. The van der Waals surface area contributed by atoms with Gasteiger partial charge in [0.25, 0.3) is 15.7 Å². The predicted octanol–water partition coefficient (Wildman–Crippen LogP) is 2.05. The summed E-state index contributed by atoms with van der Waals surface area (Å²) in [6, 6.07) is 11.5. The molecule has 3 rings (SSSR count). The fourth-order valence-corrected chi connectivity index (χ4v) is 3.98. The van der Waals surface area contributed by atoms with E-state index in [0.717, 1.165) is 10.4 Å². The predicted molar refractivity (Wildman–Crippen MR) is 84.3 cm³/mol. The van der Waals surface area contributed by atoms with Crippen molar-refractivity contribution in [1.82, 2.24) is 0 Å². The van der Waals surface area contributed by atoms with Gasteiger partial charge in [-0.2, -0.15) is 5.26 Å². The Morgan fingerprint density at radius 1 is 1.21 bits per heavy atom. The lowest BCUT2D eigenvalue weighted by Crippen LogP contribution is -2.32. The van der Waals surface area contributed by atoms with Crippen LogP contribution < -0.4 is 9.04 Å². The summed E-state index contributed by atoms with van der Waals surface area (Å²) in [5.41, 5.74) is 0.429. The minimum atomic E-state index is -4.03. The Balaban J connectivity index is 2.12. The highest BCUT2D eigenvalue weighted by Crippen LogP contribution is 2.34. The maximum atomic E-state index is 12.9. The summed E-state index contributed by atoms with van der Waals surface area (Å²) in [7, 11) is -4.03. The molecular weight excluding hydrogens is 334 g/mol. The largest absolute Gasteiger partial charge is 0.490 e. The molecule has 2 aromatic rings. The van der Waals surface area contributed by atoms with Gasteiger partial charge in [-0.25, -0.2) is 8.42 Å². The number of hydrogen-bond acceptors (Lipinski definition) is 6. The zero-order chi connectivity index (χ0) is 17.3. The van der Waals surface area contributed by atoms with Crippen LogP contribution in [0.5, 0.6) is 5.75 Å². The van der Waals surface area contributed by atoms with Crippen molar-refractivity contribution in [3.63, 3.8) is 0 Å². The average molecular weight is 345 g/mol. The topological polar surface area (TPSA) is 114 Å². The summed E-state index contributed by atoms with van der Waals surface area (Å²) in [5.74, 6) is 0.0803. The second-order valence-electron chi connectivity index (χ2n) is 4.97. The van der Waals surface area contributed by atoms with Crippen LogP contribution >= 0.6 is 0 Å². The van der Waals surface area contributed by atoms with E-state index in [0.29, 0.717) is 11.3 Å². The lowest BCUT2D eigenvalue weighted by Gasteiger charge is -2.21. The number of nitro groups is 1. The number of fused-ring (bicyclic) bond motifs is 1. The van der Waals surface area contributed by atoms with Gasteiger partial charge in [0.2, 0.25) is 0 Å². The zero-order valence-corrected chi connectivity index (χ0v) is 13.1. The van der Waals surface area contributed by atoms with Crippen LogP contribution in [0.1, 0.15) is 5.56 Å². The second kappa shape index (κ2) is 5.82. The van der Waals surface area contributed by atoms with Crippen molar-refractivity contribution in [2.24, 2.45) is 0 Å². The van der Waals surface area contributed by atoms with Crippen LogP contribution in [0.25, 0.3) is 0 Å². The van der Waals surface area contributed by atoms with Crippen molar-refractivity contribution in [3.8, 4) is 11.8 Å². The molecule has 0 saturated heterocycles. The monoisotopic (exact) mass is 345 g/mol. The van der Waals surface area contributed by atoms with Crippen LogP contribution in [-0.4, -0.2) is 26.5 Å². The van der Waals surface area contributed by atoms with Gasteiger partial charge >= 0.3 is 0 Å². The van der Waals surface area contributed by atoms with Crippen LogP contribution in [0, 0.1) is 21.4 Å². The van der Waals surface area contributed by atoms with E-state index in [9.17, 15) is 18.5 Å². The van der Waals surface area contributed by atoms with Crippen LogP contribution in [-0.2, 0) is 10.0 Å². The van der Waals surface area contributed by atoms with Crippen molar-refractivity contribution < 1.29 is 18.1 Å². The minimum absolute atomic E-state index is 0.0523. The first-order valence-corrected chi connectivity index (χ1v) is 8.31. The van der Waals surface area contributed by atoms with Gasteiger partial charge in [-0.15, -0.1) is 0 Å². The first kappa shape index (κ1) is 15.8. The number of anilines is 1. The molecule has 8 nitrogen and oxygen atoms in total. The highest BCUT2D eigenvalue weighted by atomic mass is 32.2. The van der Waals surface area contributed by atoms with Crippen molar-refractivity contribution >= 4 is 21.4 Å². The molecule has 0 spiro atoms. The fraction of sp³-hybridized carbons (Fsp3) is 0.133. The molecule has 1 aliphatic heterocycles. The molecule has 1 aliphatic rings. The molecule has 0 aliphatic carbocycles. The van der Waals surface area contributed by atoms with E-state index in [4.69, 9.17) is 10.00 Å². The number of non-ortho nitro benzene ring substituents is 1. The van der Waals surface area contributed by atoms with Gasteiger partial charge in [0.1, 0.15) is 17.3 Å². The summed E-state index contributed by atoms with van der Waals surface area (Å²) in [6.07, 6.45) is 0. The van der Waals surface area contributed by atoms with Crippen molar-refractivity contribution in [3.05, 3.63) is 58.1 Å². The number of hydrogen-bond donors (Lipinski definition) is 0. The number of ether oxygens (including phenoxy) is 1. The SMILES string of the molecule is N#Cc1ccc(N2CCOc3ccc([N+](=O)[O-])cc3S2(=O)=O)cc1. The fourth-order valence-electron chi connectivity index (χ4n) is 2.38. The second-order valence-corrected chi connectivity index (χ2v) is 6.80. The number of nitrogens with zero attached hydrogens (tertiary/aromatic N) is 3. The Labute approximate surface area is 137 Å². The van der Waals surface area contributed by atoms with Gasteiger partial charge in [-0.3, -0.25) is 14.4 Å². The molecule has 0 aromatic heterocycles. The maximum Gasteiger partial charge on any atom is 0.271 e. The number of sulfonamides is 1. The highest BCUT2D eigenvalue weighted by molar-refractivity contribution is 7.93. The molecular formula is C15H11N3O5S. The normalized spacial score (nSPS) is 15.5. The van der Waals surface area contributed by atoms with E-state index in [2.05, 4.69) is 0 Å². The van der Waals surface area contributed by atoms with Crippen molar-refractivity contribution in [2.75, 3.05) is 17.5 Å². The van der Waals surface area contributed by atoms with Gasteiger partial charge in [-0.05, 0) is 30.3 Å². The summed E-state index contributed by atoms with van der Waals surface area (Å²) in [4.78, 5) is 10.0. The van der Waals surface area contributed by atoms with Gasteiger partial charge in [0.15, 0.2) is 0 Å². The minimum Gasteiger partial charge on any atom is -0.490 e. The third-order valence-electron chi connectivity index (χ3n) is 3.54. The standard InChI is InChI=1S/C15H11N3O5S/c16-10-11-1-3-12(4-2-11)17-7-8-23-14-6-5-13(18(19)20)9-15(14)24(17,21)22/h1-6,9H,7-8H2. The van der Waals surface area contributed by atoms with Crippen molar-refractivity contribution in [1.29, 1.82) is 5.26 Å². The van der Waals surface area contributed by atoms with E-state index in [1.807, 2.05) is 6.07 Å². The molecule has 0 bridgehead atoms. The van der Waals surface area contributed by atoms with E-state index in [1.54, 1.807) is 0 Å². The van der Waals surface area contributed by atoms with E-state index in [1.165, 1.54) is 36.4 Å². The van der Waals surface area contributed by atoms with Crippen molar-refractivity contribution in [2.45, 2.75) is 4.90 Å². The molecule has 0 atom stereocenters. The van der Waals surface area contributed by atoms with Gasteiger partial charge in [0.05, 0.1) is 28.8 Å². The molecule has 0 N–H and O–H groups in total. The van der Waals surface area contributed by atoms with Gasteiger partial charge in [-0.1, -0.05) is 0 Å². The Bertz CT molecular complexity index is 948. The third-order valence-corrected chi connectivity index (χ3v) is 5.39. The molecule has 24 heavy (non-hydrogen) atoms. The van der Waals surface area contributed by atoms with E-state index < -0.39 is 14.9 Å². The molecule has 0 radical (unpaired) electrons. The molecule has 1 heterocycles. The number of nitro benzene ring substituents is 1. The molecule has 0 fully saturated rings. The number of nitriles is 1. The number of benzene rings is 2. The lowest BCUT2D eigenvalue weighted by molar-refractivity contribution is -0.385. The van der Waals surface area contributed by atoms with Crippen LogP contribution in [0.4, 0.5) is 11.4 Å². The zero-order valence-electron chi connectivity index (χ0n) is 12.2. The quantitative estimate of drug-likeness (QED) is 0.608. The van der Waals surface area contributed by atoms with E-state index in [-0.39, 0.29) is 29.5 Å². The van der Waals surface area contributed by atoms with Crippen LogP contribution in [0.15, 0.2) is 47.4 Å². The molecule has 9 heteroatoms. The molecule has 0 unspecified atom stereocenters. The maximum absolute atomic E-state index is 12.9. The highest BCUT2D eigenvalue weighted by Gasteiger charge is 2.32. The first-order chi connectivity index (χ1) is 11.4. The lowest BCUT2D eigenvalue weighted by atomic mass is 10.2. The Morgan fingerprint density at radius 2 is 1.92 bits per heavy atom. The van der Waals surface area contributed by atoms with E-state index >= 15 is 0 Å².